The van der Waals surface area contributed by atoms with Gasteiger partial charge in [-0.3, -0.25) is 4.79 Å². The Balaban J connectivity index is 1.66. The van der Waals surface area contributed by atoms with E-state index in [1.165, 1.54) is 6.92 Å². The molecule has 2 aromatic carbocycles. The van der Waals surface area contributed by atoms with Crippen LogP contribution >= 0.6 is 0 Å². The number of aliphatic hydroxyl groups is 3. The molecule has 4 rings (SSSR count). The second-order valence-corrected chi connectivity index (χ2v) is 8.28. The number of hydrogen-bond donors (Lipinski definition) is 8. The third-order valence-corrected chi connectivity index (χ3v) is 5.80. The first-order valence-electron chi connectivity index (χ1n) is 10.5. The Bertz CT molecular complexity index is 1370. The summed E-state index contributed by atoms with van der Waals surface area (Å²) >= 11 is 0. The lowest BCUT2D eigenvalue weighted by molar-refractivity contribution is -0.231. The molecule has 2 heterocycles. The van der Waals surface area contributed by atoms with Crippen LogP contribution in [0.25, 0.3) is 11.0 Å². The summed E-state index contributed by atoms with van der Waals surface area (Å²) in [7, 11) is 0. The normalized spacial score (nSPS) is 24.1. The van der Waals surface area contributed by atoms with Gasteiger partial charge in [-0.2, -0.15) is 0 Å². The number of phenolic OH excluding ortho intramolecular Hbond substituents is 5. The van der Waals surface area contributed by atoms with Gasteiger partial charge in [-0.15, -0.1) is 0 Å². The molecule has 5 atom stereocenters. The summed E-state index contributed by atoms with van der Waals surface area (Å²) in [6, 6.07) is 3.57. The number of fused-ring (bicyclic) bond motifs is 1. The van der Waals surface area contributed by atoms with Crippen molar-refractivity contribution >= 4 is 16.9 Å². The van der Waals surface area contributed by atoms with Crippen molar-refractivity contribution in [2.75, 3.05) is 6.61 Å². The number of carbonyl (C=O) groups is 1. The number of aryl methyl sites for hydroxylation is 1. The van der Waals surface area contributed by atoms with Crippen LogP contribution < -0.4 is 5.43 Å². The Hall–Kier alpha value is -4.04. The van der Waals surface area contributed by atoms with E-state index in [1.54, 1.807) is 0 Å². The molecular formula is C23H22O13. The number of rotatable bonds is 4. The summed E-state index contributed by atoms with van der Waals surface area (Å²) < 4.78 is 16.2. The summed E-state index contributed by atoms with van der Waals surface area (Å²) in [6.07, 6.45) is -8.57. The van der Waals surface area contributed by atoms with E-state index in [1.807, 2.05) is 0 Å². The van der Waals surface area contributed by atoms with Crippen LogP contribution in [0, 0.1) is 6.92 Å². The molecule has 0 radical (unpaired) electrons. The minimum atomic E-state index is -1.87. The molecule has 192 valence electrons. The molecule has 0 amide bonds. The van der Waals surface area contributed by atoms with Gasteiger partial charge in [0.05, 0.1) is 11.1 Å². The lowest BCUT2D eigenvalue weighted by atomic mass is 9.89. The first-order valence-corrected chi connectivity index (χ1v) is 10.5. The quantitative estimate of drug-likeness (QED) is 0.172. The fraction of sp³-hybridized carbons (Fsp3) is 0.304. The molecule has 13 nitrogen and oxygen atoms in total. The number of ether oxygens (including phenoxy) is 2. The molecule has 1 saturated heterocycles. The van der Waals surface area contributed by atoms with Crippen molar-refractivity contribution in [2.45, 2.75) is 37.4 Å². The van der Waals surface area contributed by atoms with E-state index in [4.69, 9.17) is 13.9 Å². The van der Waals surface area contributed by atoms with Gasteiger partial charge >= 0.3 is 5.97 Å². The smallest absolute Gasteiger partial charge is 0.338 e. The summed E-state index contributed by atoms with van der Waals surface area (Å²) in [5.41, 5.74) is -1.63. The first kappa shape index (κ1) is 25.1. The first-order chi connectivity index (χ1) is 16.9. The summed E-state index contributed by atoms with van der Waals surface area (Å²) in [4.78, 5) is 24.8. The molecule has 0 saturated carbocycles. The highest BCUT2D eigenvalue weighted by Gasteiger charge is 2.46. The lowest BCUT2D eigenvalue weighted by Gasteiger charge is -2.40. The molecule has 36 heavy (non-hydrogen) atoms. The Morgan fingerprint density at radius 1 is 0.889 bits per heavy atom. The highest BCUT2D eigenvalue weighted by molar-refractivity contribution is 5.91. The topological polar surface area (TPSA) is 228 Å². The van der Waals surface area contributed by atoms with Crippen LogP contribution in [-0.2, 0) is 9.47 Å². The van der Waals surface area contributed by atoms with E-state index in [2.05, 4.69) is 0 Å². The maximum absolute atomic E-state index is 12.4. The Morgan fingerprint density at radius 2 is 1.53 bits per heavy atom. The van der Waals surface area contributed by atoms with Crippen molar-refractivity contribution in [3.63, 3.8) is 0 Å². The van der Waals surface area contributed by atoms with E-state index in [9.17, 15) is 50.4 Å². The molecule has 1 aromatic heterocycles. The molecule has 1 aliphatic rings. The molecule has 5 unspecified atom stereocenters. The van der Waals surface area contributed by atoms with Gasteiger partial charge in [-0.25, -0.2) is 4.79 Å². The van der Waals surface area contributed by atoms with Crippen LogP contribution in [0.5, 0.6) is 28.7 Å². The molecule has 0 bridgehead atoms. The SMILES string of the molecule is Cc1cc(=O)c2c(O)cc(O)c(C3OC(COC(=O)c4cc(O)c(O)c(O)c4)C(O)C(O)C3O)c2o1. The fourth-order valence-electron chi connectivity index (χ4n) is 4.00. The van der Waals surface area contributed by atoms with Crippen molar-refractivity contribution in [1.82, 2.24) is 0 Å². The van der Waals surface area contributed by atoms with Crippen LogP contribution in [0.4, 0.5) is 0 Å². The van der Waals surface area contributed by atoms with Crippen LogP contribution in [0.1, 0.15) is 27.8 Å². The zero-order chi connectivity index (χ0) is 26.5. The van der Waals surface area contributed by atoms with Crippen LogP contribution in [0.2, 0.25) is 0 Å². The molecule has 1 aliphatic heterocycles. The van der Waals surface area contributed by atoms with Crippen molar-refractivity contribution < 1.29 is 59.5 Å². The van der Waals surface area contributed by atoms with Crippen molar-refractivity contribution in [2.24, 2.45) is 0 Å². The zero-order valence-corrected chi connectivity index (χ0v) is 18.5. The number of aromatic hydroxyl groups is 5. The van der Waals surface area contributed by atoms with Gasteiger partial charge in [0.15, 0.2) is 28.3 Å². The predicted octanol–water partition coefficient (Wildman–Crippen LogP) is 0.00902. The van der Waals surface area contributed by atoms with Crippen molar-refractivity contribution in [1.29, 1.82) is 0 Å². The van der Waals surface area contributed by atoms with Crippen molar-refractivity contribution in [3.8, 4) is 28.7 Å². The van der Waals surface area contributed by atoms with Gasteiger partial charge in [0, 0.05) is 12.1 Å². The Morgan fingerprint density at radius 3 is 2.17 bits per heavy atom. The number of aliphatic hydroxyl groups excluding tert-OH is 3. The summed E-state index contributed by atoms with van der Waals surface area (Å²) in [6.45, 7) is 0.728. The van der Waals surface area contributed by atoms with Gasteiger partial charge in [0.25, 0.3) is 0 Å². The zero-order valence-electron chi connectivity index (χ0n) is 18.5. The van der Waals surface area contributed by atoms with Crippen LogP contribution in [0.15, 0.2) is 33.5 Å². The van der Waals surface area contributed by atoms with E-state index in [0.29, 0.717) is 0 Å². The maximum atomic E-state index is 12.4. The van der Waals surface area contributed by atoms with E-state index >= 15 is 0 Å². The molecule has 13 heteroatoms. The molecule has 8 N–H and O–H groups in total. The molecular weight excluding hydrogens is 484 g/mol. The van der Waals surface area contributed by atoms with Gasteiger partial charge in [0.1, 0.15) is 59.8 Å². The number of hydrogen-bond acceptors (Lipinski definition) is 13. The van der Waals surface area contributed by atoms with Crippen LogP contribution in [0.3, 0.4) is 0 Å². The summed E-state index contributed by atoms with van der Waals surface area (Å²) in [5.74, 6) is -4.67. The van der Waals surface area contributed by atoms with Gasteiger partial charge < -0.3 is 54.7 Å². The average molecular weight is 506 g/mol. The highest BCUT2D eigenvalue weighted by Crippen LogP contribution is 2.43. The Kier molecular flexibility index (Phi) is 6.41. The minimum Gasteiger partial charge on any atom is -0.507 e. The molecule has 1 fully saturated rings. The maximum Gasteiger partial charge on any atom is 0.338 e. The van der Waals surface area contributed by atoms with E-state index in [-0.39, 0.29) is 27.9 Å². The third kappa shape index (κ3) is 4.24. The second-order valence-electron chi connectivity index (χ2n) is 8.28. The second kappa shape index (κ2) is 9.20. The van der Waals surface area contributed by atoms with E-state index < -0.39 is 77.3 Å². The number of benzene rings is 2. The molecule has 3 aromatic rings. The predicted molar refractivity (Wildman–Crippen MR) is 118 cm³/mol. The molecule has 0 spiro atoms. The van der Waals surface area contributed by atoms with Crippen molar-refractivity contribution in [3.05, 3.63) is 51.4 Å². The fourth-order valence-corrected chi connectivity index (χ4v) is 4.00. The van der Waals surface area contributed by atoms with Crippen LogP contribution in [-0.4, -0.2) is 77.8 Å². The van der Waals surface area contributed by atoms with Gasteiger partial charge in [0.2, 0.25) is 0 Å². The van der Waals surface area contributed by atoms with Gasteiger partial charge in [-0.05, 0) is 19.1 Å². The molecule has 0 aliphatic carbocycles. The van der Waals surface area contributed by atoms with E-state index in [0.717, 1.165) is 24.3 Å². The summed E-state index contributed by atoms with van der Waals surface area (Å²) in [5, 5.41) is 80.3. The minimum absolute atomic E-state index is 0.107. The monoisotopic (exact) mass is 506 g/mol. The van der Waals surface area contributed by atoms with Gasteiger partial charge in [-0.1, -0.05) is 0 Å². The number of carbonyl (C=O) groups excluding carboxylic acids is 1. The number of esters is 1. The highest BCUT2D eigenvalue weighted by atomic mass is 16.6. The standard InChI is InChI=1S/C23H22O13/c1-7-2-9(24)15-10(25)5-11(26)16(21(15)35-7)22-20(32)19(31)18(30)14(36-22)6-34-23(33)8-3-12(27)17(29)13(28)4-8/h2-5,14,18-20,22,25-32H,6H2,1H3. The number of phenols is 5. The third-order valence-electron chi connectivity index (χ3n) is 5.80. The largest absolute Gasteiger partial charge is 0.507 e. The Labute approximate surface area is 201 Å². The average Bonchev–Trinajstić information content (AvgIpc) is 2.80. The lowest BCUT2D eigenvalue weighted by Crippen LogP contribution is -2.55.